The molecule has 0 spiro atoms. The zero-order valence-electron chi connectivity index (χ0n) is 29.3. The first-order valence-electron chi connectivity index (χ1n) is 18.2. The number of para-hydroxylation sites is 5. The summed E-state index contributed by atoms with van der Waals surface area (Å²) in [6.07, 6.45) is 1.02. The Hall–Kier alpha value is -7.24. The Kier molecular flexibility index (Phi) is 7.44. The van der Waals surface area contributed by atoms with Gasteiger partial charge in [-0.25, -0.2) is 0 Å². The van der Waals surface area contributed by atoms with Gasteiger partial charge in [0.05, 0.1) is 32.6 Å². The van der Waals surface area contributed by atoms with Crippen molar-refractivity contribution in [3.63, 3.8) is 0 Å². The van der Waals surface area contributed by atoms with Gasteiger partial charge >= 0.3 is 0 Å². The van der Waals surface area contributed by atoms with Gasteiger partial charge in [0.1, 0.15) is 0 Å². The second-order valence-electron chi connectivity index (χ2n) is 13.7. The third kappa shape index (κ3) is 5.09. The van der Waals surface area contributed by atoms with Crippen LogP contribution in [0.4, 0.5) is 5.69 Å². The van der Waals surface area contributed by atoms with Crippen LogP contribution in [-0.4, -0.2) is 14.1 Å². The molecule has 11 rings (SSSR count). The zero-order valence-corrected chi connectivity index (χ0v) is 29.3. The fraction of sp³-hybridized carbons (Fsp3) is 0.0204. The summed E-state index contributed by atoms with van der Waals surface area (Å²) in [5, 5.41) is 16.4. The van der Waals surface area contributed by atoms with Gasteiger partial charge in [0.2, 0.25) is 0 Å². The Morgan fingerprint density at radius 1 is 0.407 bits per heavy atom. The number of nitro benzene ring substituents is 1. The number of nitrogens with zero attached hydrogens (tertiary/aromatic N) is 3. The van der Waals surface area contributed by atoms with Crippen molar-refractivity contribution in [1.29, 1.82) is 0 Å². The van der Waals surface area contributed by atoms with E-state index in [-0.39, 0.29) is 10.6 Å². The highest BCUT2D eigenvalue weighted by Gasteiger charge is 2.20. The van der Waals surface area contributed by atoms with Crippen molar-refractivity contribution in [3.05, 3.63) is 209 Å². The van der Waals surface area contributed by atoms with Crippen molar-refractivity contribution in [2.75, 3.05) is 0 Å². The maximum atomic E-state index is 11.3. The molecule has 10 aromatic rings. The Morgan fingerprint density at radius 2 is 0.833 bits per heavy atom. The van der Waals surface area contributed by atoms with Crippen LogP contribution in [0.2, 0.25) is 0 Å². The largest absolute Gasteiger partial charge is 0.309 e. The topological polar surface area (TPSA) is 53.0 Å². The van der Waals surface area contributed by atoms with E-state index in [1.165, 1.54) is 66.6 Å². The number of fused-ring (bicyclic) bond motifs is 9. The summed E-state index contributed by atoms with van der Waals surface area (Å²) >= 11 is 0. The van der Waals surface area contributed by atoms with Crippen LogP contribution >= 0.6 is 0 Å². The minimum absolute atomic E-state index is 0.118. The van der Waals surface area contributed by atoms with E-state index >= 15 is 0 Å². The van der Waals surface area contributed by atoms with E-state index in [4.69, 9.17) is 0 Å². The molecule has 0 saturated carbocycles. The molecule has 54 heavy (non-hydrogen) atoms. The zero-order chi connectivity index (χ0) is 36.2. The molecule has 8 aromatic carbocycles. The van der Waals surface area contributed by atoms with E-state index in [9.17, 15) is 10.1 Å². The molecule has 0 unspecified atom stereocenters. The number of hydrogen-bond acceptors (Lipinski definition) is 2. The standard InChI is InChI=1S/C25H17N.C24H16N2O2/c1-2-8-20-17(7-1)15-18-16-19(13-14-21(18)20)26-24-11-5-3-9-22(24)23-10-4-6-12-25(23)26;27-26(28)24-12-6-1-7-19(24)17-13-15-18(16-14-17)25-22-10-4-2-8-20(22)21-9-3-5-11-23(21)25/h1-14,16H,15H2;1-16H. The Morgan fingerprint density at radius 3 is 1.39 bits per heavy atom. The second-order valence-corrected chi connectivity index (χ2v) is 13.7. The lowest BCUT2D eigenvalue weighted by molar-refractivity contribution is -0.384. The monoisotopic (exact) mass is 695 g/mol. The first-order valence-corrected chi connectivity index (χ1v) is 18.2. The summed E-state index contributed by atoms with van der Waals surface area (Å²) in [5.74, 6) is 0. The van der Waals surface area contributed by atoms with E-state index in [1.807, 2.05) is 42.5 Å². The third-order valence-corrected chi connectivity index (χ3v) is 10.7. The molecule has 1 aliphatic carbocycles. The van der Waals surface area contributed by atoms with Crippen LogP contribution in [0.5, 0.6) is 0 Å². The number of rotatable bonds is 4. The van der Waals surface area contributed by atoms with Gasteiger partial charge in [-0.3, -0.25) is 10.1 Å². The third-order valence-electron chi connectivity index (χ3n) is 10.7. The van der Waals surface area contributed by atoms with Crippen molar-refractivity contribution in [1.82, 2.24) is 9.13 Å². The molecule has 0 radical (unpaired) electrons. The lowest BCUT2D eigenvalue weighted by Crippen LogP contribution is -1.95. The minimum Gasteiger partial charge on any atom is -0.309 e. The highest BCUT2D eigenvalue weighted by atomic mass is 16.6. The van der Waals surface area contributed by atoms with Crippen molar-refractivity contribution >= 4 is 49.3 Å². The predicted molar refractivity (Wildman–Crippen MR) is 222 cm³/mol. The molecular formula is C49H33N3O2. The molecule has 0 fully saturated rings. The van der Waals surface area contributed by atoms with Crippen LogP contribution < -0.4 is 0 Å². The predicted octanol–water partition coefficient (Wildman–Crippen LogP) is 12.7. The summed E-state index contributed by atoms with van der Waals surface area (Å²) in [7, 11) is 0. The molecule has 0 amide bonds. The normalized spacial score (nSPS) is 11.8. The molecule has 2 heterocycles. The van der Waals surface area contributed by atoms with Crippen LogP contribution in [0.25, 0.3) is 77.2 Å². The van der Waals surface area contributed by atoms with Gasteiger partial charge in [-0.05, 0) is 88.8 Å². The van der Waals surface area contributed by atoms with Crippen LogP contribution in [0.3, 0.4) is 0 Å². The second kappa shape index (κ2) is 12.8. The molecule has 2 aromatic heterocycles. The van der Waals surface area contributed by atoms with Gasteiger partial charge in [-0.15, -0.1) is 0 Å². The van der Waals surface area contributed by atoms with Gasteiger partial charge < -0.3 is 9.13 Å². The van der Waals surface area contributed by atoms with Crippen LogP contribution in [0.15, 0.2) is 188 Å². The van der Waals surface area contributed by atoms with Crippen LogP contribution in [-0.2, 0) is 6.42 Å². The Bertz CT molecular complexity index is 2950. The average Bonchev–Trinajstić information content (AvgIpc) is 3.89. The molecule has 0 aliphatic heterocycles. The van der Waals surface area contributed by atoms with Crippen molar-refractivity contribution in [2.45, 2.75) is 6.42 Å². The van der Waals surface area contributed by atoms with Crippen molar-refractivity contribution in [2.24, 2.45) is 0 Å². The molecule has 5 heteroatoms. The molecule has 1 aliphatic rings. The highest BCUT2D eigenvalue weighted by molar-refractivity contribution is 6.10. The maximum absolute atomic E-state index is 11.3. The summed E-state index contributed by atoms with van der Waals surface area (Å²) in [6.45, 7) is 0. The molecule has 0 atom stereocenters. The van der Waals surface area contributed by atoms with Crippen LogP contribution in [0, 0.1) is 10.1 Å². The van der Waals surface area contributed by atoms with Gasteiger partial charge in [0, 0.05) is 39.0 Å². The van der Waals surface area contributed by atoms with E-state index in [1.54, 1.807) is 12.1 Å². The fourth-order valence-corrected chi connectivity index (χ4v) is 8.34. The summed E-state index contributed by atoms with van der Waals surface area (Å²) in [6, 6.07) is 64.5. The van der Waals surface area contributed by atoms with Gasteiger partial charge in [-0.1, -0.05) is 127 Å². The van der Waals surface area contributed by atoms with E-state index < -0.39 is 0 Å². The maximum Gasteiger partial charge on any atom is 0.277 e. The summed E-state index contributed by atoms with van der Waals surface area (Å²) in [4.78, 5) is 11.0. The molecule has 0 N–H and O–H groups in total. The average molecular weight is 696 g/mol. The SMILES string of the molecule is O=[N+]([O-])c1ccccc1-c1ccc(-n2c3ccccc3c3ccccc32)cc1.c1ccc2c(c1)Cc1cc(-n3c4ccccc4c4ccccc43)ccc1-2. The molecular weight excluding hydrogens is 663 g/mol. The Balaban J connectivity index is 0.000000134. The minimum atomic E-state index is -0.337. The Labute approximate surface area is 311 Å². The van der Waals surface area contributed by atoms with Gasteiger partial charge in [-0.2, -0.15) is 0 Å². The first kappa shape index (κ1) is 31.5. The summed E-state index contributed by atoms with van der Waals surface area (Å²) < 4.78 is 4.63. The lowest BCUT2D eigenvalue weighted by atomic mass is 10.0. The van der Waals surface area contributed by atoms with E-state index in [0.29, 0.717) is 5.56 Å². The van der Waals surface area contributed by atoms with Gasteiger partial charge in [0.15, 0.2) is 0 Å². The number of benzene rings is 8. The van der Waals surface area contributed by atoms with E-state index in [0.717, 1.165) is 28.7 Å². The lowest BCUT2D eigenvalue weighted by Gasteiger charge is -2.10. The smallest absolute Gasteiger partial charge is 0.277 e. The highest BCUT2D eigenvalue weighted by Crippen LogP contribution is 2.39. The van der Waals surface area contributed by atoms with Gasteiger partial charge in [0.25, 0.3) is 5.69 Å². The van der Waals surface area contributed by atoms with E-state index in [2.05, 4.69) is 137 Å². The number of aromatic nitrogens is 2. The molecule has 5 nitrogen and oxygen atoms in total. The molecule has 0 bridgehead atoms. The van der Waals surface area contributed by atoms with Crippen molar-refractivity contribution in [3.8, 4) is 33.6 Å². The quantitative estimate of drug-likeness (QED) is 0.136. The first-order chi connectivity index (χ1) is 26.6. The summed E-state index contributed by atoms with van der Waals surface area (Å²) in [5.41, 5.74) is 14.3. The number of hydrogen-bond donors (Lipinski definition) is 0. The fourth-order valence-electron chi connectivity index (χ4n) is 8.34. The molecule has 256 valence electrons. The van der Waals surface area contributed by atoms with Crippen LogP contribution in [0.1, 0.15) is 11.1 Å². The molecule has 0 saturated heterocycles. The van der Waals surface area contributed by atoms with Crippen molar-refractivity contribution < 1.29 is 4.92 Å². The number of nitro groups is 1.